The van der Waals surface area contributed by atoms with Crippen LogP contribution < -0.4 is 10.1 Å². The molecule has 0 spiro atoms. The lowest BCUT2D eigenvalue weighted by Gasteiger charge is -2.11. The van der Waals surface area contributed by atoms with Crippen LogP contribution in [0, 0.1) is 6.92 Å². The van der Waals surface area contributed by atoms with Gasteiger partial charge >= 0.3 is 0 Å². The van der Waals surface area contributed by atoms with E-state index in [1.807, 2.05) is 26.0 Å². The molecule has 0 atom stereocenters. The number of hydrogen-bond acceptors (Lipinski definition) is 4. The van der Waals surface area contributed by atoms with Crippen molar-refractivity contribution in [2.45, 2.75) is 39.3 Å². The van der Waals surface area contributed by atoms with Gasteiger partial charge in [-0.25, -0.2) is 0 Å². The highest BCUT2D eigenvalue weighted by Crippen LogP contribution is 2.22. The standard InChI is InChI=1S/C13H20N2O2/c1-3-16-9-17-13-7-4-10(2)15-12(13)8-14-11-5-6-11/h4,7,11,14H,3,5-6,8-9H2,1-2H3. The summed E-state index contributed by atoms with van der Waals surface area (Å²) < 4.78 is 10.8. The van der Waals surface area contributed by atoms with E-state index in [1.54, 1.807) is 0 Å². The van der Waals surface area contributed by atoms with Crippen molar-refractivity contribution in [1.29, 1.82) is 0 Å². The molecule has 0 saturated heterocycles. The van der Waals surface area contributed by atoms with Crippen LogP contribution in [0.3, 0.4) is 0 Å². The van der Waals surface area contributed by atoms with Gasteiger partial charge in [0.25, 0.3) is 0 Å². The molecule has 94 valence electrons. The monoisotopic (exact) mass is 236 g/mol. The molecule has 1 aromatic rings. The molecule has 1 aliphatic carbocycles. The van der Waals surface area contributed by atoms with E-state index in [0.29, 0.717) is 12.6 Å². The van der Waals surface area contributed by atoms with Gasteiger partial charge in [-0.1, -0.05) is 0 Å². The number of nitrogens with one attached hydrogen (secondary N) is 1. The molecule has 0 bridgehead atoms. The Kier molecular flexibility index (Phi) is 4.34. The molecule has 1 aliphatic rings. The van der Waals surface area contributed by atoms with Crippen molar-refractivity contribution in [3.8, 4) is 5.75 Å². The second-order valence-corrected chi connectivity index (χ2v) is 4.31. The Hall–Kier alpha value is -1.13. The Labute approximate surface area is 102 Å². The number of aromatic nitrogens is 1. The topological polar surface area (TPSA) is 43.4 Å². The first kappa shape index (κ1) is 12.3. The van der Waals surface area contributed by atoms with Crippen LogP contribution in [0.4, 0.5) is 0 Å². The molecule has 17 heavy (non-hydrogen) atoms. The van der Waals surface area contributed by atoms with Crippen molar-refractivity contribution in [3.63, 3.8) is 0 Å². The first-order valence-electron chi connectivity index (χ1n) is 6.20. The molecule has 1 N–H and O–H groups in total. The molecule has 2 rings (SSSR count). The van der Waals surface area contributed by atoms with E-state index in [2.05, 4.69) is 10.3 Å². The molecule has 1 saturated carbocycles. The molecule has 0 unspecified atom stereocenters. The van der Waals surface area contributed by atoms with Crippen molar-refractivity contribution >= 4 is 0 Å². The molecule has 0 aromatic carbocycles. The lowest BCUT2D eigenvalue weighted by Crippen LogP contribution is -2.17. The minimum Gasteiger partial charge on any atom is -0.466 e. The molecule has 1 heterocycles. The van der Waals surface area contributed by atoms with Gasteiger partial charge in [-0.3, -0.25) is 4.98 Å². The summed E-state index contributed by atoms with van der Waals surface area (Å²) in [4.78, 5) is 4.51. The molecule has 0 amide bonds. The molecule has 4 nitrogen and oxygen atoms in total. The zero-order valence-electron chi connectivity index (χ0n) is 10.5. The number of hydrogen-bond donors (Lipinski definition) is 1. The SMILES string of the molecule is CCOCOc1ccc(C)nc1CNC1CC1. The molecule has 4 heteroatoms. The molecule has 1 aromatic heterocycles. The van der Waals surface area contributed by atoms with Gasteiger partial charge in [0.05, 0.1) is 5.69 Å². The predicted octanol–water partition coefficient (Wildman–Crippen LogP) is 2.01. The number of pyridine rings is 1. The Morgan fingerprint density at radius 1 is 1.41 bits per heavy atom. The third-order valence-electron chi connectivity index (χ3n) is 2.71. The summed E-state index contributed by atoms with van der Waals surface area (Å²) in [6, 6.07) is 4.60. The van der Waals surface area contributed by atoms with Crippen LogP contribution >= 0.6 is 0 Å². The van der Waals surface area contributed by atoms with Crippen LogP contribution in [0.15, 0.2) is 12.1 Å². The first-order chi connectivity index (χ1) is 8.29. The second kappa shape index (κ2) is 5.98. The Bertz CT molecular complexity index is 364. The number of aryl methyl sites for hydroxylation is 1. The van der Waals surface area contributed by atoms with Gasteiger partial charge in [-0.2, -0.15) is 0 Å². The third kappa shape index (κ3) is 3.98. The number of nitrogens with zero attached hydrogens (tertiary/aromatic N) is 1. The number of rotatable bonds is 7. The van der Waals surface area contributed by atoms with Gasteiger partial charge < -0.3 is 14.8 Å². The average molecular weight is 236 g/mol. The lowest BCUT2D eigenvalue weighted by atomic mass is 10.3. The fourth-order valence-electron chi connectivity index (χ4n) is 1.57. The van der Waals surface area contributed by atoms with Crippen molar-refractivity contribution in [3.05, 3.63) is 23.5 Å². The fourth-order valence-corrected chi connectivity index (χ4v) is 1.57. The second-order valence-electron chi connectivity index (χ2n) is 4.31. The summed E-state index contributed by atoms with van der Waals surface area (Å²) in [6.45, 7) is 5.67. The minimum atomic E-state index is 0.289. The van der Waals surface area contributed by atoms with E-state index < -0.39 is 0 Å². The van der Waals surface area contributed by atoms with Crippen LogP contribution in [0.2, 0.25) is 0 Å². The highest BCUT2D eigenvalue weighted by molar-refractivity contribution is 5.29. The van der Waals surface area contributed by atoms with Gasteiger partial charge in [0.2, 0.25) is 0 Å². The largest absolute Gasteiger partial charge is 0.466 e. The molecule has 1 fully saturated rings. The average Bonchev–Trinajstić information content (AvgIpc) is 3.13. The maximum absolute atomic E-state index is 5.56. The van der Waals surface area contributed by atoms with E-state index in [0.717, 1.165) is 23.7 Å². The lowest BCUT2D eigenvalue weighted by molar-refractivity contribution is 0.0215. The maximum atomic E-state index is 5.56. The number of ether oxygens (including phenoxy) is 2. The van der Waals surface area contributed by atoms with Gasteiger partial charge in [0.15, 0.2) is 6.79 Å². The van der Waals surface area contributed by atoms with Crippen LogP contribution in [0.25, 0.3) is 0 Å². The summed E-state index contributed by atoms with van der Waals surface area (Å²) in [5, 5.41) is 3.45. The third-order valence-corrected chi connectivity index (χ3v) is 2.71. The van der Waals surface area contributed by atoms with Gasteiger partial charge in [0, 0.05) is 24.9 Å². The van der Waals surface area contributed by atoms with Gasteiger partial charge in [0.1, 0.15) is 5.75 Å². The van der Waals surface area contributed by atoms with E-state index >= 15 is 0 Å². The van der Waals surface area contributed by atoms with Crippen LogP contribution in [0.1, 0.15) is 31.2 Å². The van der Waals surface area contributed by atoms with Crippen molar-refractivity contribution in [2.24, 2.45) is 0 Å². The van der Waals surface area contributed by atoms with E-state index in [4.69, 9.17) is 9.47 Å². The molecular formula is C13H20N2O2. The Morgan fingerprint density at radius 2 is 2.24 bits per heavy atom. The molecule has 0 radical (unpaired) electrons. The first-order valence-corrected chi connectivity index (χ1v) is 6.20. The van der Waals surface area contributed by atoms with Gasteiger partial charge in [-0.15, -0.1) is 0 Å². The minimum absolute atomic E-state index is 0.289. The quantitative estimate of drug-likeness (QED) is 0.581. The molecular weight excluding hydrogens is 216 g/mol. The highest BCUT2D eigenvalue weighted by Gasteiger charge is 2.21. The Balaban J connectivity index is 1.95. The zero-order chi connectivity index (χ0) is 12.1. The normalized spacial score (nSPS) is 14.9. The van der Waals surface area contributed by atoms with Gasteiger partial charge in [-0.05, 0) is 38.8 Å². The summed E-state index contributed by atoms with van der Waals surface area (Å²) in [7, 11) is 0. The predicted molar refractivity (Wildman–Crippen MR) is 66.0 cm³/mol. The summed E-state index contributed by atoms with van der Waals surface area (Å²) in [5.74, 6) is 0.817. The van der Waals surface area contributed by atoms with Crippen molar-refractivity contribution in [2.75, 3.05) is 13.4 Å². The highest BCUT2D eigenvalue weighted by atomic mass is 16.7. The van der Waals surface area contributed by atoms with Crippen molar-refractivity contribution in [1.82, 2.24) is 10.3 Å². The van der Waals surface area contributed by atoms with Crippen molar-refractivity contribution < 1.29 is 9.47 Å². The summed E-state index contributed by atoms with van der Waals surface area (Å²) >= 11 is 0. The van der Waals surface area contributed by atoms with E-state index in [1.165, 1.54) is 12.8 Å². The van der Waals surface area contributed by atoms with E-state index in [9.17, 15) is 0 Å². The van der Waals surface area contributed by atoms with Crippen LogP contribution in [-0.4, -0.2) is 24.4 Å². The smallest absolute Gasteiger partial charge is 0.189 e. The zero-order valence-corrected chi connectivity index (χ0v) is 10.5. The Morgan fingerprint density at radius 3 is 2.94 bits per heavy atom. The summed E-state index contributed by atoms with van der Waals surface area (Å²) in [5.41, 5.74) is 1.98. The van der Waals surface area contributed by atoms with Crippen LogP contribution in [-0.2, 0) is 11.3 Å². The fraction of sp³-hybridized carbons (Fsp3) is 0.615. The molecule has 0 aliphatic heterocycles. The van der Waals surface area contributed by atoms with Crippen LogP contribution in [0.5, 0.6) is 5.75 Å². The van der Waals surface area contributed by atoms with E-state index in [-0.39, 0.29) is 6.79 Å². The summed E-state index contributed by atoms with van der Waals surface area (Å²) in [6.07, 6.45) is 2.56. The maximum Gasteiger partial charge on any atom is 0.189 e.